The van der Waals surface area contributed by atoms with E-state index < -0.39 is 36.2 Å². The van der Waals surface area contributed by atoms with E-state index in [0.29, 0.717) is 0 Å². The molecule has 0 radical (unpaired) electrons. The summed E-state index contributed by atoms with van der Waals surface area (Å²) in [6, 6.07) is 1.92. The van der Waals surface area contributed by atoms with Crippen molar-refractivity contribution in [3.63, 3.8) is 0 Å². The van der Waals surface area contributed by atoms with Gasteiger partial charge in [-0.05, 0) is 18.1 Å². The number of nitrogens with zero attached hydrogens (tertiary/aromatic N) is 1. The molecule has 0 aromatic heterocycles. The average Bonchev–Trinajstić information content (AvgIpc) is 2.28. The molecule has 1 atom stereocenters. The zero-order valence-corrected chi connectivity index (χ0v) is 10.8. The zero-order valence-electron chi connectivity index (χ0n) is 9.87. The van der Waals surface area contributed by atoms with E-state index in [0.717, 1.165) is 12.1 Å². The fraction of sp³-hybridized carbons (Fsp3) is 0.222. The van der Waals surface area contributed by atoms with Gasteiger partial charge in [0.1, 0.15) is 6.04 Å². The molecular weight excluding hydrogens is 295 g/mol. The number of nitro groups is 1. The van der Waals surface area contributed by atoms with Gasteiger partial charge in [-0.1, -0.05) is 6.07 Å². The second kappa shape index (κ2) is 5.97. The van der Waals surface area contributed by atoms with E-state index in [4.69, 9.17) is 20.6 Å². The lowest BCUT2D eigenvalue weighted by Crippen LogP contribution is -2.32. The number of phosphoric ester groups is 1. The molecule has 0 aliphatic carbocycles. The fourth-order valence-corrected chi connectivity index (χ4v) is 1.79. The Labute approximate surface area is 112 Å². The molecule has 0 bridgehead atoms. The zero-order chi connectivity index (χ0) is 15.5. The standard InChI is InChI=1S/C9H11N2O8P/c10-6(9(12)13)3-5-1-2-8(19-20(16,17)18)7(4-5)11(14)15/h1-2,4,6H,3,10H2,(H,12,13)(H2,16,17,18)/t6-/m0/s1. The normalized spacial score (nSPS) is 12.8. The highest BCUT2D eigenvalue weighted by Gasteiger charge is 2.25. The third kappa shape index (κ3) is 4.59. The molecule has 10 nitrogen and oxygen atoms in total. The van der Waals surface area contributed by atoms with E-state index in [2.05, 4.69) is 4.52 Å². The van der Waals surface area contributed by atoms with Crippen molar-refractivity contribution >= 4 is 19.5 Å². The maximum atomic E-state index is 10.8. The second-order valence-corrected chi connectivity index (χ2v) is 4.95. The van der Waals surface area contributed by atoms with Gasteiger partial charge in [-0.25, -0.2) is 4.57 Å². The lowest BCUT2D eigenvalue weighted by atomic mass is 10.1. The maximum absolute atomic E-state index is 10.8. The molecule has 0 saturated carbocycles. The van der Waals surface area contributed by atoms with Gasteiger partial charge in [0.2, 0.25) is 5.75 Å². The highest BCUT2D eigenvalue weighted by molar-refractivity contribution is 7.46. The summed E-state index contributed by atoms with van der Waals surface area (Å²) in [4.78, 5) is 37.8. The van der Waals surface area contributed by atoms with Crippen LogP contribution in [0.1, 0.15) is 5.56 Å². The number of aliphatic carboxylic acids is 1. The molecule has 0 saturated heterocycles. The Hall–Kier alpha value is -2.00. The van der Waals surface area contributed by atoms with E-state index in [9.17, 15) is 19.5 Å². The molecular formula is C9H11N2O8P. The quantitative estimate of drug-likeness (QED) is 0.321. The lowest BCUT2D eigenvalue weighted by Gasteiger charge is -2.10. The van der Waals surface area contributed by atoms with Crippen LogP contribution in [0.4, 0.5) is 5.69 Å². The molecule has 110 valence electrons. The van der Waals surface area contributed by atoms with Crippen LogP contribution in [0.25, 0.3) is 0 Å². The number of nitrogens with two attached hydrogens (primary N) is 1. The number of carbonyl (C=O) groups is 1. The van der Waals surface area contributed by atoms with Crippen LogP contribution >= 0.6 is 7.82 Å². The molecule has 1 rings (SSSR count). The molecule has 0 spiro atoms. The Morgan fingerprint density at radius 3 is 2.55 bits per heavy atom. The maximum Gasteiger partial charge on any atom is 0.525 e. The molecule has 0 fully saturated rings. The van der Waals surface area contributed by atoms with Crippen molar-refractivity contribution in [3.05, 3.63) is 33.9 Å². The van der Waals surface area contributed by atoms with Crippen LogP contribution in [0.3, 0.4) is 0 Å². The molecule has 1 aromatic carbocycles. The molecule has 11 heteroatoms. The van der Waals surface area contributed by atoms with Gasteiger partial charge in [-0.2, -0.15) is 0 Å². The minimum atomic E-state index is -4.94. The summed E-state index contributed by atoms with van der Waals surface area (Å²) in [6.07, 6.45) is -0.174. The predicted molar refractivity (Wildman–Crippen MR) is 65.1 cm³/mol. The van der Waals surface area contributed by atoms with E-state index in [1.54, 1.807) is 0 Å². The summed E-state index contributed by atoms with van der Waals surface area (Å²) in [6.45, 7) is 0. The lowest BCUT2D eigenvalue weighted by molar-refractivity contribution is -0.385. The smallest absolute Gasteiger partial charge is 0.480 e. The van der Waals surface area contributed by atoms with Crippen LogP contribution in [0.2, 0.25) is 0 Å². The van der Waals surface area contributed by atoms with E-state index in [-0.39, 0.29) is 12.0 Å². The molecule has 0 aliphatic rings. The summed E-state index contributed by atoms with van der Waals surface area (Å²) < 4.78 is 14.9. The first-order valence-corrected chi connectivity index (χ1v) is 6.64. The molecule has 0 aliphatic heterocycles. The van der Waals surface area contributed by atoms with Gasteiger partial charge in [-0.15, -0.1) is 0 Å². The van der Waals surface area contributed by atoms with Gasteiger partial charge in [0.05, 0.1) is 4.92 Å². The number of hydrogen-bond acceptors (Lipinski definition) is 6. The third-order valence-corrected chi connectivity index (χ3v) is 2.64. The van der Waals surface area contributed by atoms with Crippen LogP contribution < -0.4 is 10.3 Å². The van der Waals surface area contributed by atoms with Crippen molar-refractivity contribution in [1.82, 2.24) is 0 Å². The van der Waals surface area contributed by atoms with Crippen molar-refractivity contribution in [2.75, 3.05) is 0 Å². The summed E-state index contributed by atoms with van der Waals surface area (Å²) in [5.74, 6) is -1.89. The summed E-state index contributed by atoms with van der Waals surface area (Å²) in [5, 5.41) is 19.4. The third-order valence-electron chi connectivity index (χ3n) is 2.21. The first kappa shape index (κ1) is 16.1. The van der Waals surface area contributed by atoms with Crippen LogP contribution in [-0.2, 0) is 15.8 Å². The van der Waals surface area contributed by atoms with Crippen molar-refractivity contribution in [2.45, 2.75) is 12.5 Å². The van der Waals surface area contributed by atoms with Crippen molar-refractivity contribution in [1.29, 1.82) is 0 Å². The Kier molecular flexibility index (Phi) is 4.79. The number of carboxylic acid groups (broad SMARTS) is 1. The van der Waals surface area contributed by atoms with Crippen molar-refractivity contribution < 1.29 is 33.7 Å². The van der Waals surface area contributed by atoms with Crippen molar-refractivity contribution in [3.8, 4) is 5.75 Å². The van der Waals surface area contributed by atoms with Gasteiger partial charge in [0, 0.05) is 6.07 Å². The Morgan fingerprint density at radius 2 is 2.10 bits per heavy atom. The van der Waals surface area contributed by atoms with Gasteiger partial charge in [-0.3, -0.25) is 24.7 Å². The highest BCUT2D eigenvalue weighted by Crippen LogP contribution is 2.41. The number of carboxylic acids is 1. The summed E-state index contributed by atoms with van der Waals surface area (Å²) in [5.41, 5.74) is 4.82. The number of rotatable bonds is 6. The van der Waals surface area contributed by atoms with Crippen molar-refractivity contribution in [2.24, 2.45) is 5.73 Å². The van der Waals surface area contributed by atoms with E-state index in [1.165, 1.54) is 6.07 Å². The minimum absolute atomic E-state index is 0.174. The first-order chi connectivity index (χ1) is 9.10. The second-order valence-electron chi connectivity index (χ2n) is 3.79. The van der Waals surface area contributed by atoms with Gasteiger partial charge in [0.25, 0.3) is 0 Å². The van der Waals surface area contributed by atoms with Crippen LogP contribution in [0.5, 0.6) is 5.75 Å². The Morgan fingerprint density at radius 1 is 1.50 bits per heavy atom. The van der Waals surface area contributed by atoms with Crippen LogP contribution in [0.15, 0.2) is 18.2 Å². The van der Waals surface area contributed by atoms with Gasteiger partial charge >= 0.3 is 19.5 Å². The topological polar surface area (TPSA) is 173 Å². The van der Waals surface area contributed by atoms with Gasteiger partial charge < -0.3 is 15.4 Å². The van der Waals surface area contributed by atoms with Gasteiger partial charge in [0.15, 0.2) is 0 Å². The molecule has 5 N–H and O–H groups in total. The molecule has 0 unspecified atom stereocenters. The minimum Gasteiger partial charge on any atom is -0.480 e. The molecule has 0 amide bonds. The average molecular weight is 306 g/mol. The highest BCUT2D eigenvalue weighted by atomic mass is 31.2. The fourth-order valence-electron chi connectivity index (χ4n) is 1.38. The number of benzene rings is 1. The Balaban J connectivity index is 3.10. The summed E-state index contributed by atoms with van der Waals surface area (Å²) >= 11 is 0. The predicted octanol–water partition coefficient (Wildman–Crippen LogP) is 0.0207. The number of hydrogen-bond donors (Lipinski definition) is 4. The molecule has 20 heavy (non-hydrogen) atoms. The Bertz CT molecular complexity index is 583. The monoisotopic (exact) mass is 306 g/mol. The van der Waals surface area contributed by atoms with Crippen LogP contribution in [-0.4, -0.2) is 31.8 Å². The first-order valence-electron chi connectivity index (χ1n) is 5.11. The van der Waals surface area contributed by atoms with Crippen LogP contribution in [0, 0.1) is 10.1 Å². The molecule has 0 heterocycles. The number of nitro benzene ring substituents is 1. The molecule has 1 aromatic rings. The van der Waals surface area contributed by atoms with E-state index in [1.807, 2.05) is 0 Å². The largest absolute Gasteiger partial charge is 0.525 e. The van der Waals surface area contributed by atoms with E-state index >= 15 is 0 Å². The SMILES string of the molecule is N[C@@H](Cc1ccc(OP(=O)(O)O)c([N+](=O)[O-])c1)C(=O)O. The number of phosphoric acid groups is 1. The summed E-state index contributed by atoms with van der Waals surface area (Å²) in [7, 11) is -4.94.